The van der Waals surface area contributed by atoms with Gasteiger partial charge in [0.05, 0.1) is 15.9 Å². The molecule has 1 aromatic rings. The Hall–Kier alpha value is 0.200. The predicted octanol–water partition coefficient (Wildman–Crippen LogP) is 4.73. The molecule has 0 aliphatic rings. The van der Waals surface area contributed by atoms with E-state index in [0.29, 0.717) is 11.1 Å². The smallest absolute Gasteiger partial charge is 0.147 e. The largest absolute Gasteiger partial charge is 0.236 e. The van der Waals surface area contributed by atoms with Gasteiger partial charge in [-0.15, -0.1) is 0 Å². The van der Waals surface area contributed by atoms with Gasteiger partial charge in [0.1, 0.15) is 11.0 Å². The van der Waals surface area contributed by atoms with Crippen LogP contribution in [-0.4, -0.2) is 15.7 Å². The number of nitrogens with zero attached hydrogens (tertiary/aromatic N) is 2. The SMILES string of the molecule is CCCSCc1nc(Cl)c(Br)c(CC(C)C)n1. The number of halogens is 2. The molecule has 1 heterocycles. The minimum atomic E-state index is 0.530. The van der Waals surface area contributed by atoms with E-state index in [2.05, 4.69) is 46.7 Å². The second-order valence-electron chi connectivity index (χ2n) is 4.34. The maximum Gasteiger partial charge on any atom is 0.147 e. The van der Waals surface area contributed by atoms with Gasteiger partial charge in [0.25, 0.3) is 0 Å². The Labute approximate surface area is 121 Å². The van der Waals surface area contributed by atoms with Crippen molar-refractivity contribution in [2.24, 2.45) is 5.92 Å². The summed E-state index contributed by atoms with van der Waals surface area (Å²) in [7, 11) is 0. The Balaban J connectivity index is 2.82. The molecule has 1 rings (SSSR count). The number of rotatable bonds is 6. The van der Waals surface area contributed by atoms with Crippen molar-refractivity contribution in [2.75, 3.05) is 5.75 Å². The molecule has 0 radical (unpaired) electrons. The van der Waals surface area contributed by atoms with Gasteiger partial charge in [-0.05, 0) is 40.4 Å². The lowest BCUT2D eigenvalue weighted by Crippen LogP contribution is -2.04. The number of aromatic nitrogens is 2. The second kappa shape index (κ2) is 7.59. The summed E-state index contributed by atoms with van der Waals surface area (Å²) in [6.45, 7) is 6.52. The summed E-state index contributed by atoms with van der Waals surface area (Å²) >= 11 is 11.4. The van der Waals surface area contributed by atoms with Gasteiger partial charge in [-0.25, -0.2) is 9.97 Å². The Kier molecular flexibility index (Phi) is 6.82. The van der Waals surface area contributed by atoms with E-state index in [1.807, 2.05) is 11.8 Å². The van der Waals surface area contributed by atoms with E-state index in [0.717, 1.165) is 33.9 Å². The molecule has 0 aromatic carbocycles. The van der Waals surface area contributed by atoms with Crippen molar-refractivity contribution in [1.82, 2.24) is 9.97 Å². The van der Waals surface area contributed by atoms with Crippen LogP contribution in [0.1, 0.15) is 38.7 Å². The molecule has 0 unspecified atom stereocenters. The lowest BCUT2D eigenvalue weighted by Gasteiger charge is -2.09. The van der Waals surface area contributed by atoms with Crippen molar-refractivity contribution in [3.05, 3.63) is 21.1 Å². The fourth-order valence-electron chi connectivity index (χ4n) is 1.41. The first-order chi connectivity index (χ1) is 8.04. The summed E-state index contributed by atoms with van der Waals surface area (Å²) in [4.78, 5) is 8.88. The van der Waals surface area contributed by atoms with E-state index in [-0.39, 0.29) is 0 Å². The Morgan fingerprint density at radius 3 is 2.65 bits per heavy atom. The van der Waals surface area contributed by atoms with Gasteiger partial charge in [0.15, 0.2) is 0 Å². The zero-order chi connectivity index (χ0) is 12.8. The van der Waals surface area contributed by atoms with Crippen molar-refractivity contribution >= 4 is 39.3 Å². The maximum absolute atomic E-state index is 6.11. The molecule has 0 atom stereocenters. The highest BCUT2D eigenvalue weighted by Crippen LogP contribution is 2.26. The van der Waals surface area contributed by atoms with E-state index in [1.54, 1.807) is 0 Å². The highest BCUT2D eigenvalue weighted by atomic mass is 79.9. The lowest BCUT2D eigenvalue weighted by atomic mass is 10.1. The van der Waals surface area contributed by atoms with E-state index < -0.39 is 0 Å². The van der Waals surface area contributed by atoms with Crippen LogP contribution in [0, 0.1) is 5.92 Å². The molecule has 0 spiro atoms. The predicted molar refractivity (Wildman–Crippen MR) is 79.7 cm³/mol. The first kappa shape index (κ1) is 15.3. The molecule has 0 aliphatic heterocycles. The van der Waals surface area contributed by atoms with Crippen LogP contribution < -0.4 is 0 Å². The van der Waals surface area contributed by atoms with Crippen molar-refractivity contribution in [3.8, 4) is 0 Å². The molecule has 0 bridgehead atoms. The third-order valence-electron chi connectivity index (χ3n) is 2.11. The van der Waals surface area contributed by atoms with Gasteiger partial charge >= 0.3 is 0 Å². The van der Waals surface area contributed by atoms with Crippen molar-refractivity contribution in [3.63, 3.8) is 0 Å². The first-order valence-electron chi connectivity index (χ1n) is 5.83. The Morgan fingerprint density at radius 1 is 1.35 bits per heavy atom. The molecule has 96 valence electrons. The molecule has 2 nitrogen and oxygen atoms in total. The molecule has 0 amide bonds. The van der Waals surface area contributed by atoms with Crippen LogP contribution >= 0.6 is 39.3 Å². The molecular weight excluding hydrogens is 320 g/mol. The molecule has 0 fully saturated rings. The van der Waals surface area contributed by atoms with Gasteiger partial charge in [-0.1, -0.05) is 32.4 Å². The van der Waals surface area contributed by atoms with Crippen molar-refractivity contribution in [1.29, 1.82) is 0 Å². The minimum Gasteiger partial charge on any atom is -0.236 e. The van der Waals surface area contributed by atoms with Crippen LogP contribution in [0.5, 0.6) is 0 Å². The van der Waals surface area contributed by atoms with Crippen LogP contribution in [0.4, 0.5) is 0 Å². The maximum atomic E-state index is 6.11. The first-order valence-corrected chi connectivity index (χ1v) is 8.15. The monoisotopic (exact) mass is 336 g/mol. The third kappa shape index (κ3) is 5.14. The Morgan fingerprint density at radius 2 is 2.06 bits per heavy atom. The van der Waals surface area contributed by atoms with E-state index >= 15 is 0 Å². The molecule has 0 N–H and O–H groups in total. The van der Waals surface area contributed by atoms with Crippen LogP contribution in [0.25, 0.3) is 0 Å². The standard InChI is InChI=1S/C12H18BrClN2S/c1-4-5-17-7-10-15-9(6-8(2)3)11(13)12(14)16-10/h8H,4-7H2,1-3H3. The van der Waals surface area contributed by atoms with Gasteiger partial charge in [-0.3, -0.25) is 0 Å². The van der Waals surface area contributed by atoms with Gasteiger partial charge < -0.3 is 0 Å². The molecule has 17 heavy (non-hydrogen) atoms. The average Bonchev–Trinajstić information content (AvgIpc) is 2.25. The summed E-state index contributed by atoms with van der Waals surface area (Å²) in [5.74, 6) is 3.38. The second-order valence-corrected chi connectivity index (χ2v) is 6.60. The highest BCUT2D eigenvalue weighted by molar-refractivity contribution is 9.10. The zero-order valence-electron chi connectivity index (χ0n) is 10.5. The molecule has 0 aliphatic carbocycles. The topological polar surface area (TPSA) is 25.8 Å². The quantitative estimate of drug-likeness (QED) is 0.554. The van der Waals surface area contributed by atoms with Crippen molar-refractivity contribution in [2.45, 2.75) is 39.4 Å². The fourth-order valence-corrected chi connectivity index (χ4v) is 2.70. The lowest BCUT2D eigenvalue weighted by molar-refractivity contribution is 0.629. The van der Waals surface area contributed by atoms with Crippen LogP contribution in [0.3, 0.4) is 0 Å². The molecule has 5 heteroatoms. The third-order valence-corrected chi connectivity index (χ3v) is 4.60. The van der Waals surface area contributed by atoms with E-state index in [9.17, 15) is 0 Å². The molecule has 1 aromatic heterocycles. The van der Waals surface area contributed by atoms with Gasteiger partial charge in [-0.2, -0.15) is 11.8 Å². The molecular formula is C12H18BrClN2S. The molecule has 0 saturated carbocycles. The Bertz CT molecular complexity index is 372. The summed E-state index contributed by atoms with van der Waals surface area (Å²) in [5.41, 5.74) is 1.02. The summed E-state index contributed by atoms with van der Waals surface area (Å²) in [6, 6.07) is 0. The zero-order valence-corrected chi connectivity index (χ0v) is 13.6. The summed E-state index contributed by atoms with van der Waals surface area (Å²) in [6.07, 6.45) is 2.10. The van der Waals surface area contributed by atoms with Crippen LogP contribution in [0.15, 0.2) is 4.47 Å². The normalized spacial score (nSPS) is 11.2. The number of hydrogen-bond donors (Lipinski definition) is 0. The van der Waals surface area contributed by atoms with Crippen LogP contribution in [-0.2, 0) is 12.2 Å². The van der Waals surface area contributed by atoms with E-state index in [1.165, 1.54) is 6.42 Å². The van der Waals surface area contributed by atoms with Crippen LogP contribution in [0.2, 0.25) is 5.15 Å². The van der Waals surface area contributed by atoms with Gasteiger partial charge in [0, 0.05) is 0 Å². The van der Waals surface area contributed by atoms with E-state index in [4.69, 9.17) is 11.6 Å². The average molecular weight is 338 g/mol. The minimum absolute atomic E-state index is 0.530. The molecule has 0 saturated heterocycles. The fraction of sp³-hybridized carbons (Fsp3) is 0.667. The van der Waals surface area contributed by atoms with Gasteiger partial charge in [0.2, 0.25) is 0 Å². The van der Waals surface area contributed by atoms with Crippen molar-refractivity contribution < 1.29 is 0 Å². The highest BCUT2D eigenvalue weighted by Gasteiger charge is 2.12. The summed E-state index contributed by atoms with van der Waals surface area (Å²) in [5, 5.41) is 0.530. The number of hydrogen-bond acceptors (Lipinski definition) is 3. The number of thioether (sulfide) groups is 1. The summed E-state index contributed by atoms with van der Waals surface area (Å²) < 4.78 is 0.845.